The summed E-state index contributed by atoms with van der Waals surface area (Å²) in [5.74, 6) is 0.0727. The Morgan fingerprint density at radius 2 is 2.29 bits per heavy atom. The van der Waals surface area contributed by atoms with Gasteiger partial charge in [-0.15, -0.1) is 11.3 Å². The fourth-order valence-corrected chi connectivity index (χ4v) is 4.52. The van der Waals surface area contributed by atoms with Crippen molar-refractivity contribution in [2.45, 2.75) is 32.3 Å². The molecule has 3 heterocycles. The van der Waals surface area contributed by atoms with Crippen LogP contribution >= 0.6 is 27.3 Å². The molecule has 0 aromatic carbocycles. The second-order valence-corrected chi connectivity index (χ2v) is 9.45. The number of carbonyl (C=O) groups excluding carboxylic acids is 2. The standard InChI is InChI=1S/C18H22BrN5O3S/c1-18(2,27-17(20)26)7-11-4-6-24(9-11)14-3-5-21-8-12(14)22-15(25)13-10-28-16(19)23-13/h3,5,8,10-11H,4,6-7,9H2,1-2H3,(H2,20,26)(H,22,25). The van der Waals surface area contributed by atoms with Crippen LogP contribution in [0.3, 0.4) is 0 Å². The number of nitrogens with zero attached hydrogens (tertiary/aromatic N) is 3. The van der Waals surface area contributed by atoms with Gasteiger partial charge in [0.25, 0.3) is 5.91 Å². The molecule has 0 radical (unpaired) electrons. The molecule has 1 aliphatic rings. The van der Waals surface area contributed by atoms with Gasteiger partial charge in [0.05, 0.1) is 17.6 Å². The fourth-order valence-electron chi connectivity index (χ4n) is 3.53. The third-order valence-electron chi connectivity index (χ3n) is 4.54. The van der Waals surface area contributed by atoms with Crippen LogP contribution in [0.2, 0.25) is 0 Å². The summed E-state index contributed by atoms with van der Waals surface area (Å²) < 4.78 is 5.87. The molecule has 3 N–H and O–H groups in total. The molecular weight excluding hydrogens is 446 g/mol. The Bertz CT molecular complexity index is 872. The molecule has 10 heteroatoms. The third-order valence-corrected chi connectivity index (χ3v) is 5.90. The van der Waals surface area contributed by atoms with Crippen LogP contribution < -0.4 is 16.0 Å². The van der Waals surface area contributed by atoms with Crippen molar-refractivity contribution in [3.8, 4) is 0 Å². The van der Waals surface area contributed by atoms with Crippen LogP contribution in [0.15, 0.2) is 27.8 Å². The molecule has 1 aliphatic heterocycles. The largest absolute Gasteiger partial charge is 0.444 e. The van der Waals surface area contributed by atoms with E-state index in [9.17, 15) is 9.59 Å². The van der Waals surface area contributed by atoms with Crippen molar-refractivity contribution < 1.29 is 14.3 Å². The van der Waals surface area contributed by atoms with Crippen LogP contribution in [0.1, 0.15) is 37.2 Å². The van der Waals surface area contributed by atoms with Gasteiger partial charge in [0, 0.05) is 24.7 Å². The quantitative estimate of drug-likeness (QED) is 0.670. The molecule has 1 unspecified atom stereocenters. The van der Waals surface area contributed by atoms with E-state index in [1.807, 2.05) is 19.9 Å². The highest BCUT2D eigenvalue weighted by Crippen LogP contribution is 2.34. The lowest BCUT2D eigenvalue weighted by Gasteiger charge is -2.27. The monoisotopic (exact) mass is 467 g/mol. The van der Waals surface area contributed by atoms with Gasteiger partial charge in [-0.1, -0.05) is 0 Å². The lowest BCUT2D eigenvalue weighted by molar-refractivity contribution is 0.0286. The van der Waals surface area contributed by atoms with E-state index in [-0.39, 0.29) is 5.91 Å². The predicted molar refractivity (Wildman–Crippen MR) is 112 cm³/mol. The second kappa shape index (κ2) is 8.44. The highest BCUT2D eigenvalue weighted by molar-refractivity contribution is 9.11. The zero-order valence-corrected chi connectivity index (χ0v) is 18.0. The van der Waals surface area contributed by atoms with Crippen LogP contribution in [0.5, 0.6) is 0 Å². The second-order valence-electron chi connectivity index (χ2n) is 7.32. The van der Waals surface area contributed by atoms with Gasteiger partial charge in [0.15, 0.2) is 3.92 Å². The predicted octanol–water partition coefficient (Wildman–Crippen LogP) is 3.64. The van der Waals surface area contributed by atoms with Gasteiger partial charge in [-0.05, 0) is 54.6 Å². The van der Waals surface area contributed by atoms with Crippen molar-refractivity contribution in [3.63, 3.8) is 0 Å². The minimum atomic E-state index is -0.757. The average molecular weight is 468 g/mol. The summed E-state index contributed by atoms with van der Waals surface area (Å²) in [6.07, 6.45) is 4.26. The van der Waals surface area contributed by atoms with Gasteiger partial charge >= 0.3 is 6.09 Å². The van der Waals surface area contributed by atoms with E-state index < -0.39 is 11.7 Å². The van der Waals surface area contributed by atoms with E-state index in [4.69, 9.17) is 10.5 Å². The molecule has 0 spiro atoms. The highest BCUT2D eigenvalue weighted by atomic mass is 79.9. The number of carbonyl (C=O) groups is 2. The Hall–Kier alpha value is -2.20. The number of rotatable bonds is 6. The van der Waals surface area contributed by atoms with E-state index >= 15 is 0 Å². The Labute approximate surface area is 175 Å². The summed E-state index contributed by atoms with van der Waals surface area (Å²) in [7, 11) is 0. The van der Waals surface area contributed by atoms with Gasteiger partial charge in [0.1, 0.15) is 11.3 Å². The smallest absolute Gasteiger partial charge is 0.405 e. The van der Waals surface area contributed by atoms with Crippen molar-refractivity contribution in [3.05, 3.63) is 33.5 Å². The molecule has 0 aliphatic carbocycles. The van der Waals surface area contributed by atoms with Crippen molar-refractivity contribution in [1.82, 2.24) is 9.97 Å². The molecule has 1 saturated heterocycles. The molecule has 1 fully saturated rings. The molecule has 3 rings (SSSR count). The average Bonchev–Trinajstić information content (AvgIpc) is 3.23. The molecule has 1 atom stereocenters. The highest BCUT2D eigenvalue weighted by Gasteiger charge is 2.32. The first-order chi connectivity index (χ1) is 13.2. The Morgan fingerprint density at radius 1 is 1.50 bits per heavy atom. The first kappa shape index (κ1) is 20.5. The number of pyridine rings is 1. The van der Waals surface area contributed by atoms with Gasteiger partial charge in [-0.2, -0.15) is 0 Å². The maximum absolute atomic E-state index is 12.5. The SMILES string of the molecule is CC(C)(CC1CCN(c2ccncc2NC(=O)c2csc(Br)n2)C1)OC(N)=O. The van der Waals surface area contributed by atoms with E-state index in [1.165, 1.54) is 11.3 Å². The number of ether oxygens (including phenoxy) is 1. The van der Waals surface area contributed by atoms with Gasteiger partial charge in [0.2, 0.25) is 0 Å². The van der Waals surface area contributed by atoms with E-state index in [0.29, 0.717) is 27.6 Å². The van der Waals surface area contributed by atoms with Crippen molar-refractivity contribution in [2.75, 3.05) is 23.3 Å². The molecule has 0 saturated carbocycles. The summed E-state index contributed by atoms with van der Waals surface area (Å²) in [6, 6.07) is 1.89. The van der Waals surface area contributed by atoms with Crippen LogP contribution in [-0.4, -0.2) is 40.7 Å². The summed E-state index contributed by atoms with van der Waals surface area (Å²) in [5, 5.41) is 4.60. The number of aromatic nitrogens is 2. The van der Waals surface area contributed by atoms with Gasteiger partial charge in [-0.3, -0.25) is 9.78 Å². The van der Waals surface area contributed by atoms with Crippen LogP contribution in [0, 0.1) is 5.92 Å². The number of amides is 2. The number of hydrogen-bond donors (Lipinski definition) is 2. The number of nitrogens with one attached hydrogen (secondary N) is 1. The van der Waals surface area contributed by atoms with Crippen LogP contribution in [-0.2, 0) is 4.74 Å². The van der Waals surface area contributed by atoms with Crippen molar-refractivity contribution in [2.24, 2.45) is 11.7 Å². The number of halogens is 1. The summed E-state index contributed by atoms with van der Waals surface area (Å²) in [5.41, 5.74) is 6.46. The number of thiazole rings is 1. The fraction of sp³-hybridized carbons (Fsp3) is 0.444. The van der Waals surface area contributed by atoms with Crippen LogP contribution in [0.25, 0.3) is 0 Å². The van der Waals surface area contributed by atoms with E-state index in [1.54, 1.807) is 17.8 Å². The van der Waals surface area contributed by atoms with Crippen molar-refractivity contribution in [1.29, 1.82) is 0 Å². The minimum absolute atomic E-state index is 0.275. The lowest BCUT2D eigenvalue weighted by Crippen LogP contribution is -2.34. The first-order valence-corrected chi connectivity index (χ1v) is 10.5. The van der Waals surface area contributed by atoms with Crippen LogP contribution in [0.4, 0.5) is 16.2 Å². The maximum Gasteiger partial charge on any atom is 0.405 e. The van der Waals surface area contributed by atoms with E-state index in [0.717, 1.165) is 25.2 Å². The lowest BCUT2D eigenvalue weighted by atomic mass is 9.93. The minimum Gasteiger partial charge on any atom is -0.444 e. The van der Waals surface area contributed by atoms with Crippen molar-refractivity contribution >= 4 is 50.6 Å². The zero-order chi connectivity index (χ0) is 20.3. The molecule has 2 aromatic heterocycles. The third kappa shape index (κ3) is 5.20. The zero-order valence-electron chi connectivity index (χ0n) is 15.6. The normalized spacial score (nSPS) is 16.8. The first-order valence-electron chi connectivity index (χ1n) is 8.83. The Kier molecular flexibility index (Phi) is 6.19. The van der Waals surface area contributed by atoms with Gasteiger partial charge < -0.3 is 20.7 Å². The molecule has 0 bridgehead atoms. The van der Waals surface area contributed by atoms with Gasteiger partial charge in [-0.25, -0.2) is 9.78 Å². The molecular formula is C18H22BrN5O3S. The van der Waals surface area contributed by atoms with E-state index in [2.05, 4.69) is 36.1 Å². The Morgan fingerprint density at radius 3 is 2.96 bits per heavy atom. The topological polar surface area (TPSA) is 110 Å². The molecule has 2 aromatic rings. The molecule has 8 nitrogen and oxygen atoms in total. The summed E-state index contributed by atoms with van der Waals surface area (Å²) >= 11 is 4.62. The number of hydrogen-bond acceptors (Lipinski definition) is 7. The maximum atomic E-state index is 12.5. The number of primary amides is 1. The Balaban J connectivity index is 1.68. The summed E-state index contributed by atoms with van der Waals surface area (Å²) in [6.45, 7) is 5.36. The number of nitrogens with two attached hydrogens (primary N) is 1. The number of anilines is 2. The molecule has 28 heavy (non-hydrogen) atoms. The molecule has 150 valence electrons. The summed E-state index contributed by atoms with van der Waals surface area (Å²) in [4.78, 5) is 34.0. The molecule has 2 amide bonds.